The molecule has 2 atom stereocenters. The molecule has 2 unspecified atom stereocenters. The zero-order chi connectivity index (χ0) is 17.4. The van der Waals surface area contributed by atoms with E-state index in [9.17, 15) is 14.7 Å². The Morgan fingerprint density at radius 3 is 2.00 bits per heavy atom. The molecule has 0 fully saturated rings. The van der Waals surface area contributed by atoms with Gasteiger partial charge < -0.3 is 10.2 Å². The van der Waals surface area contributed by atoms with E-state index in [0.29, 0.717) is 19.3 Å². The minimum absolute atomic E-state index is 0.108. The molecular weight excluding hydrogens is 280 g/mol. The molecule has 4 heteroatoms. The molecule has 0 aliphatic rings. The van der Waals surface area contributed by atoms with Crippen LogP contribution in [0.2, 0.25) is 0 Å². The Labute approximate surface area is 135 Å². The molecule has 0 saturated heterocycles. The number of carboxylic acid groups (broad SMARTS) is 2. The zero-order valence-electron chi connectivity index (χ0n) is 14.9. The van der Waals surface area contributed by atoms with Gasteiger partial charge in [-0.1, -0.05) is 53.9 Å². The first kappa shape index (κ1) is 20.9. The molecule has 0 bridgehead atoms. The van der Waals surface area contributed by atoms with Crippen molar-refractivity contribution >= 4 is 11.9 Å². The second-order valence-corrected chi connectivity index (χ2v) is 7.83. The predicted octanol–water partition coefficient (Wildman–Crippen LogP) is 4.96. The highest BCUT2D eigenvalue weighted by atomic mass is 16.4. The maximum atomic E-state index is 12.0. The van der Waals surface area contributed by atoms with Gasteiger partial charge in [0.25, 0.3) is 0 Å². The molecule has 4 nitrogen and oxygen atoms in total. The highest BCUT2D eigenvalue weighted by molar-refractivity contribution is 5.75. The van der Waals surface area contributed by atoms with Gasteiger partial charge in [0, 0.05) is 6.42 Å². The van der Waals surface area contributed by atoms with Crippen LogP contribution < -0.4 is 0 Å². The predicted molar refractivity (Wildman–Crippen MR) is 88.9 cm³/mol. The van der Waals surface area contributed by atoms with Crippen molar-refractivity contribution in [3.05, 3.63) is 0 Å². The Bertz CT molecular complexity index is 357. The fraction of sp³-hybridized carbons (Fsp3) is 0.889. The van der Waals surface area contributed by atoms with Crippen LogP contribution in [0.5, 0.6) is 0 Å². The Hall–Kier alpha value is -1.06. The minimum Gasteiger partial charge on any atom is -0.481 e. The molecule has 130 valence electrons. The maximum Gasteiger partial charge on any atom is 0.309 e. The van der Waals surface area contributed by atoms with Crippen molar-refractivity contribution in [3.63, 3.8) is 0 Å². The van der Waals surface area contributed by atoms with Gasteiger partial charge in [-0.05, 0) is 37.0 Å². The summed E-state index contributed by atoms with van der Waals surface area (Å²) in [7, 11) is 0. The molecule has 22 heavy (non-hydrogen) atoms. The zero-order valence-corrected chi connectivity index (χ0v) is 14.9. The van der Waals surface area contributed by atoms with E-state index in [-0.39, 0.29) is 17.8 Å². The van der Waals surface area contributed by atoms with Crippen molar-refractivity contribution in [1.82, 2.24) is 0 Å². The fourth-order valence-corrected chi connectivity index (χ4v) is 3.50. The third kappa shape index (κ3) is 7.28. The molecule has 0 amide bonds. The fourth-order valence-electron chi connectivity index (χ4n) is 3.50. The van der Waals surface area contributed by atoms with Gasteiger partial charge in [-0.15, -0.1) is 0 Å². The summed E-state index contributed by atoms with van der Waals surface area (Å²) in [4.78, 5) is 22.6. The van der Waals surface area contributed by atoms with Crippen molar-refractivity contribution in [1.29, 1.82) is 0 Å². The number of rotatable bonds is 11. The van der Waals surface area contributed by atoms with Gasteiger partial charge in [-0.3, -0.25) is 9.59 Å². The molecule has 0 saturated carbocycles. The summed E-state index contributed by atoms with van der Waals surface area (Å²) >= 11 is 0. The van der Waals surface area contributed by atoms with Crippen LogP contribution in [0.1, 0.15) is 86.0 Å². The quantitative estimate of drug-likeness (QED) is 0.528. The van der Waals surface area contributed by atoms with E-state index in [1.165, 1.54) is 0 Å². The maximum absolute atomic E-state index is 12.0. The first-order chi connectivity index (χ1) is 10.0. The Kier molecular flexibility index (Phi) is 8.72. The van der Waals surface area contributed by atoms with E-state index in [1.807, 2.05) is 6.92 Å². The summed E-state index contributed by atoms with van der Waals surface area (Å²) in [5.41, 5.74) is -0.567. The lowest BCUT2D eigenvalue weighted by atomic mass is 9.65. The standard InChI is InChI=1S/C18H34O4/c1-6-11-18(16(21)22,14(2)13-17(3,4)5)12-9-7-8-10-15(19)20/h14H,6-13H2,1-5H3,(H,19,20)(H,21,22). The van der Waals surface area contributed by atoms with Crippen molar-refractivity contribution in [2.75, 3.05) is 0 Å². The summed E-state index contributed by atoms with van der Waals surface area (Å²) in [5, 5.41) is 18.5. The lowest BCUT2D eigenvalue weighted by molar-refractivity contribution is -0.154. The van der Waals surface area contributed by atoms with Gasteiger partial charge in [-0.2, -0.15) is 0 Å². The average Bonchev–Trinajstić information content (AvgIpc) is 2.34. The van der Waals surface area contributed by atoms with E-state index in [1.54, 1.807) is 0 Å². The average molecular weight is 314 g/mol. The topological polar surface area (TPSA) is 74.6 Å². The van der Waals surface area contributed by atoms with E-state index in [4.69, 9.17) is 5.11 Å². The van der Waals surface area contributed by atoms with E-state index in [0.717, 1.165) is 25.7 Å². The van der Waals surface area contributed by atoms with Crippen LogP contribution >= 0.6 is 0 Å². The number of unbranched alkanes of at least 4 members (excludes halogenated alkanes) is 2. The number of carbonyl (C=O) groups is 2. The summed E-state index contributed by atoms with van der Waals surface area (Å²) < 4.78 is 0. The van der Waals surface area contributed by atoms with Gasteiger partial charge in [0.2, 0.25) is 0 Å². The van der Waals surface area contributed by atoms with Crippen LogP contribution in [-0.4, -0.2) is 22.2 Å². The smallest absolute Gasteiger partial charge is 0.309 e. The van der Waals surface area contributed by atoms with Crippen LogP contribution in [0.15, 0.2) is 0 Å². The Balaban J connectivity index is 4.85. The lowest BCUT2D eigenvalue weighted by Gasteiger charge is -2.38. The third-order valence-corrected chi connectivity index (χ3v) is 4.50. The molecule has 0 aromatic carbocycles. The van der Waals surface area contributed by atoms with Crippen LogP contribution in [0.3, 0.4) is 0 Å². The Morgan fingerprint density at radius 2 is 1.59 bits per heavy atom. The van der Waals surface area contributed by atoms with Gasteiger partial charge in [0.15, 0.2) is 0 Å². The minimum atomic E-state index is -0.779. The van der Waals surface area contributed by atoms with E-state index < -0.39 is 17.4 Å². The lowest BCUT2D eigenvalue weighted by Crippen LogP contribution is -2.39. The van der Waals surface area contributed by atoms with Crippen LogP contribution in [0.25, 0.3) is 0 Å². The monoisotopic (exact) mass is 314 g/mol. The van der Waals surface area contributed by atoms with Crippen LogP contribution in [0.4, 0.5) is 0 Å². The summed E-state index contributed by atoms with van der Waals surface area (Å²) in [6.07, 6.45) is 5.45. The molecule has 0 aromatic heterocycles. The van der Waals surface area contributed by atoms with Crippen molar-refractivity contribution in [2.45, 2.75) is 86.0 Å². The molecule has 0 spiro atoms. The molecule has 0 rings (SSSR count). The highest BCUT2D eigenvalue weighted by Gasteiger charge is 2.43. The number of hydrogen-bond donors (Lipinski definition) is 2. The molecule has 0 aromatic rings. The van der Waals surface area contributed by atoms with Gasteiger partial charge in [0.05, 0.1) is 5.41 Å². The third-order valence-electron chi connectivity index (χ3n) is 4.50. The first-order valence-corrected chi connectivity index (χ1v) is 8.50. The second-order valence-electron chi connectivity index (χ2n) is 7.83. The van der Waals surface area contributed by atoms with Crippen LogP contribution in [-0.2, 0) is 9.59 Å². The number of aliphatic carboxylic acids is 2. The molecule has 0 radical (unpaired) electrons. The molecular formula is C18H34O4. The highest BCUT2D eigenvalue weighted by Crippen LogP contribution is 2.44. The Morgan fingerprint density at radius 1 is 1.00 bits per heavy atom. The second kappa shape index (κ2) is 9.16. The molecule has 0 aliphatic carbocycles. The van der Waals surface area contributed by atoms with E-state index in [2.05, 4.69) is 27.7 Å². The number of carboxylic acids is 2. The van der Waals surface area contributed by atoms with Crippen molar-refractivity contribution in [3.8, 4) is 0 Å². The van der Waals surface area contributed by atoms with Gasteiger partial charge in [-0.25, -0.2) is 0 Å². The largest absolute Gasteiger partial charge is 0.481 e. The molecule has 0 aliphatic heterocycles. The van der Waals surface area contributed by atoms with Gasteiger partial charge in [0.1, 0.15) is 0 Å². The van der Waals surface area contributed by atoms with Gasteiger partial charge >= 0.3 is 11.9 Å². The molecule has 2 N–H and O–H groups in total. The first-order valence-electron chi connectivity index (χ1n) is 8.50. The SMILES string of the molecule is CCCC(CCCCCC(=O)O)(C(=O)O)C(C)CC(C)(C)C. The van der Waals surface area contributed by atoms with Crippen molar-refractivity contribution in [2.24, 2.45) is 16.7 Å². The summed E-state index contributed by atoms with van der Waals surface area (Å²) in [6.45, 7) is 10.5. The molecule has 0 heterocycles. The normalized spacial score (nSPS) is 16.0. The summed E-state index contributed by atoms with van der Waals surface area (Å²) in [6, 6.07) is 0. The number of hydrogen-bond acceptors (Lipinski definition) is 2. The van der Waals surface area contributed by atoms with E-state index >= 15 is 0 Å². The van der Waals surface area contributed by atoms with Crippen molar-refractivity contribution < 1.29 is 19.8 Å². The summed E-state index contributed by atoms with van der Waals surface area (Å²) in [5.74, 6) is -1.35. The van der Waals surface area contributed by atoms with Crippen LogP contribution in [0, 0.1) is 16.7 Å².